The van der Waals surface area contributed by atoms with E-state index in [1.54, 1.807) is 0 Å². The molecular weight excluding hydrogens is 299 g/mol. The molecule has 116 valence electrons. The topological polar surface area (TPSA) is 29.5 Å². The van der Waals surface area contributed by atoms with Gasteiger partial charge < -0.3 is 9.84 Å². The quantitative estimate of drug-likeness (QED) is 0.579. The van der Waals surface area contributed by atoms with Crippen LogP contribution in [0.1, 0.15) is 6.42 Å². The van der Waals surface area contributed by atoms with Crippen molar-refractivity contribution in [3.05, 3.63) is 0 Å². The highest BCUT2D eigenvalue weighted by Crippen LogP contribution is 2.53. The van der Waals surface area contributed by atoms with Crippen molar-refractivity contribution in [1.82, 2.24) is 0 Å². The van der Waals surface area contributed by atoms with E-state index in [9.17, 15) is 39.5 Å². The van der Waals surface area contributed by atoms with E-state index in [0.717, 1.165) is 0 Å². The van der Waals surface area contributed by atoms with Gasteiger partial charge in [-0.25, -0.2) is 0 Å². The fourth-order valence-corrected chi connectivity index (χ4v) is 0.932. The number of aliphatic hydroxyl groups is 1. The summed E-state index contributed by atoms with van der Waals surface area (Å²) in [5, 5.41) is 8.16. The van der Waals surface area contributed by atoms with Gasteiger partial charge in [-0.15, -0.1) is 0 Å². The second-order valence-corrected chi connectivity index (χ2v) is 3.44. The Morgan fingerprint density at radius 3 is 1.58 bits per heavy atom. The summed E-state index contributed by atoms with van der Waals surface area (Å²) in [5.41, 5.74) is 0. The van der Waals surface area contributed by atoms with Crippen LogP contribution in [0.25, 0.3) is 0 Å². The predicted molar refractivity (Wildman–Crippen MR) is 43.4 cm³/mol. The summed E-state index contributed by atoms with van der Waals surface area (Å²) in [6, 6.07) is 0. The smallest absolute Gasteiger partial charge is 0.394 e. The molecule has 0 aliphatic heterocycles. The molecule has 0 saturated heterocycles. The summed E-state index contributed by atoms with van der Waals surface area (Å²) >= 11 is 0. The average molecular weight is 308 g/mol. The van der Waals surface area contributed by atoms with E-state index < -0.39 is 50.2 Å². The van der Waals surface area contributed by atoms with Gasteiger partial charge in [0.15, 0.2) is 0 Å². The molecule has 0 bridgehead atoms. The van der Waals surface area contributed by atoms with E-state index >= 15 is 0 Å². The molecule has 0 aliphatic rings. The van der Waals surface area contributed by atoms with Gasteiger partial charge in [-0.05, 0) is 0 Å². The highest BCUT2D eigenvalue weighted by molar-refractivity contribution is 5.00. The standard InChI is InChI=1S/C8H9F9O2/c9-5(10,1-3-19-4-2-18)6(11,12)7(13,14)8(15,16)17/h18H,1-4H2. The van der Waals surface area contributed by atoms with Crippen LogP contribution in [-0.4, -0.2) is 48.9 Å². The van der Waals surface area contributed by atoms with E-state index in [2.05, 4.69) is 4.74 Å². The minimum absolute atomic E-state index is 0.544. The van der Waals surface area contributed by atoms with E-state index in [-0.39, 0.29) is 0 Å². The lowest BCUT2D eigenvalue weighted by Crippen LogP contribution is -2.61. The minimum atomic E-state index is -6.87. The normalized spacial score (nSPS) is 14.8. The van der Waals surface area contributed by atoms with Crippen LogP contribution in [0, 0.1) is 0 Å². The monoisotopic (exact) mass is 308 g/mol. The van der Waals surface area contributed by atoms with Gasteiger partial charge in [0, 0.05) is 6.42 Å². The maximum atomic E-state index is 12.8. The molecule has 0 radical (unpaired) electrons. The van der Waals surface area contributed by atoms with E-state index in [1.165, 1.54) is 0 Å². The maximum Gasteiger partial charge on any atom is 0.460 e. The van der Waals surface area contributed by atoms with E-state index in [4.69, 9.17) is 5.11 Å². The highest BCUT2D eigenvalue weighted by Gasteiger charge is 2.81. The summed E-state index contributed by atoms with van der Waals surface area (Å²) in [5.74, 6) is -19.1. The fraction of sp³-hybridized carbons (Fsp3) is 1.00. The number of alkyl halides is 9. The Balaban J connectivity index is 4.96. The predicted octanol–water partition coefficient (Wildman–Crippen LogP) is 2.85. The molecule has 0 heterocycles. The van der Waals surface area contributed by atoms with Crippen LogP contribution >= 0.6 is 0 Å². The molecule has 0 rings (SSSR count). The van der Waals surface area contributed by atoms with Crippen LogP contribution < -0.4 is 0 Å². The van der Waals surface area contributed by atoms with Crippen molar-refractivity contribution >= 4 is 0 Å². The molecule has 0 aromatic heterocycles. The van der Waals surface area contributed by atoms with Gasteiger partial charge in [0.1, 0.15) is 0 Å². The molecule has 0 aliphatic carbocycles. The van der Waals surface area contributed by atoms with E-state index in [0.29, 0.717) is 0 Å². The van der Waals surface area contributed by atoms with Crippen molar-refractivity contribution in [2.45, 2.75) is 30.4 Å². The van der Waals surface area contributed by atoms with Crippen molar-refractivity contribution in [1.29, 1.82) is 0 Å². The third kappa shape index (κ3) is 3.65. The zero-order valence-electron chi connectivity index (χ0n) is 9.09. The molecule has 2 nitrogen and oxygen atoms in total. The van der Waals surface area contributed by atoms with Crippen molar-refractivity contribution in [2.24, 2.45) is 0 Å². The Bertz CT molecular complexity index is 286. The molecule has 0 unspecified atom stereocenters. The lowest BCUT2D eigenvalue weighted by Gasteiger charge is -2.33. The zero-order chi connectivity index (χ0) is 15.5. The molecule has 1 N–H and O–H groups in total. The Kier molecular flexibility index (Phi) is 5.52. The first-order valence-electron chi connectivity index (χ1n) is 4.70. The first kappa shape index (κ1) is 18.3. The first-order valence-corrected chi connectivity index (χ1v) is 4.70. The molecule has 0 aromatic carbocycles. The number of hydrogen-bond acceptors (Lipinski definition) is 2. The van der Waals surface area contributed by atoms with Gasteiger partial charge in [0.05, 0.1) is 19.8 Å². The van der Waals surface area contributed by atoms with Crippen molar-refractivity contribution in [2.75, 3.05) is 19.8 Å². The molecular formula is C8H9F9O2. The summed E-state index contributed by atoms with van der Waals surface area (Å²) in [7, 11) is 0. The highest BCUT2D eigenvalue weighted by atomic mass is 19.4. The van der Waals surface area contributed by atoms with Crippen LogP contribution in [0.4, 0.5) is 39.5 Å². The molecule has 0 aromatic rings. The summed E-state index contributed by atoms with van der Waals surface area (Å²) in [4.78, 5) is 0. The van der Waals surface area contributed by atoms with Gasteiger partial charge >= 0.3 is 23.9 Å². The summed E-state index contributed by atoms with van der Waals surface area (Å²) < 4.78 is 115. The van der Waals surface area contributed by atoms with Gasteiger partial charge in [-0.2, -0.15) is 39.5 Å². The van der Waals surface area contributed by atoms with Crippen LogP contribution in [0.5, 0.6) is 0 Å². The Morgan fingerprint density at radius 1 is 0.737 bits per heavy atom. The van der Waals surface area contributed by atoms with Crippen LogP contribution in [0.2, 0.25) is 0 Å². The lowest BCUT2D eigenvalue weighted by atomic mass is 10.0. The number of rotatable bonds is 7. The molecule has 19 heavy (non-hydrogen) atoms. The van der Waals surface area contributed by atoms with Crippen LogP contribution in [-0.2, 0) is 4.74 Å². The average Bonchev–Trinajstić information content (AvgIpc) is 2.22. The van der Waals surface area contributed by atoms with Gasteiger partial charge in [-0.3, -0.25) is 0 Å². The maximum absolute atomic E-state index is 12.8. The molecule has 0 spiro atoms. The van der Waals surface area contributed by atoms with Gasteiger partial charge in [-0.1, -0.05) is 0 Å². The molecule has 0 saturated carbocycles. The summed E-state index contributed by atoms with van der Waals surface area (Å²) in [6.45, 7) is -2.41. The third-order valence-electron chi connectivity index (χ3n) is 2.01. The second kappa shape index (κ2) is 5.73. The Morgan fingerprint density at radius 2 is 1.21 bits per heavy atom. The molecule has 0 amide bonds. The second-order valence-electron chi connectivity index (χ2n) is 3.44. The van der Waals surface area contributed by atoms with E-state index in [1.807, 2.05) is 0 Å². The van der Waals surface area contributed by atoms with Gasteiger partial charge in [0.2, 0.25) is 0 Å². The van der Waals surface area contributed by atoms with Crippen molar-refractivity contribution in [3.8, 4) is 0 Å². The van der Waals surface area contributed by atoms with Crippen LogP contribution in [0.15, 0.2) is 0 Å². The minimum Gasteiger partial charge on any atom is -0.394 e. The first-order chi connectivity index (χ1) is 8.31. The Labute approximate surface area is 101 Å². The van der Waals surface area contributed by atoms with Crippen molar-refractivity contribution < 1.29 is 49.4 Å². The van der Waals surface area contributed by atoms with Crippen LogP contribution in [0.3, 0.4) is 0 Å². The number of hydrogen-bond donors (Lipinski definition) is 1. The molecule has 0 fully saturated rings. The number of ether oxygens (including phenoxy) is 1. The fourth-order valence-electron chi connectivity index (χ4n) is 0.932. The lowest BCUT2D eigenvalue weighted by molar-refractivity contribution is -0.397. The SMILES string of the molecule is OCCOCCC(F)(F)C(F)(F)C(F)(F)C(F)(F)F. The van der Waals surface area contributed by atoms with Crippen molar-refractivity contribution in [3.63, 3.8) is 0 Å². The number of aliphatic hydroxyl groups excluding tert-OH is 1. The molecule has 0 atom stereocenters. The third-order valence-corrected chi connectivity index (χ3v) is 2.01. The Hall–Kier alpha value is -0.710. The van der Waals surface area contributed by atoms with Gasteiger partial charge in [0.25, 0.3) is 0 Å². The zero-order valence-corrected chi connectivity index (χ0v) is 9.09. The number of halogens is 9. The summed E-state index contributed by atoms with van der Waals surface area (Å²) in [6.07, 6.45) is -8.86. The molecule has 11 heteroatoms. The largest absolute Gasteiger partial charge is 0.460 e.